The van der Waals surface area contributed by atoms with Crippen molar-refractivity contribution in [2.24, 2.45) is 5.92 Å². The molecule has 2 amide bonds. The van der Waals surface area contributed by atoms with E-state index in [1.165, 1.54) is 30.5 Å². The van der Waals surface area contributed by atoms with Crippen molar-refractivity contribution in [3.8, 4) is 0 Å². The number of benzene rings is 2. The minimum Gasteiger partial charge on any atom is -0.339 e. The lowest BCUT2D eigenvalue weighted by atomic mass is 9.92. The first-order valence-electron chi connectivity index (χ1n) is 16.2. The third-order valence-electron chi connectivity index (χ3n) is 8.31. The van der Waals surface area contributed by atoms with Gasteiger partial charge < -0.3 is 20.9 Å². The second-order valence-electron chi connectivity index (χ2n) is 12.2. The molecule has 2 aromatic carbocycles. The monoisotopic (exact) mass is 779 g/mol. The molecule has 3 N–H and O–H groups in total. The number of alkyl halides is 6. The molecule has 6 rings (SSSR count). The molecule has 2 aromatic heterocycles. The number of nitrogens with one attached hydrogen (secondary N) is 3. The van der Waals surface area contributed by atoms with E-state index in [9.17, 15) is 49.9 Å². The van der Waals surface area contributed by atoms with Gasteiger partial charge in [0.1, 0.15) is 10.8 Å². The lowest BCUT2D eigenvalue weighted by molar-refractivity contribution is -0.193. The van der Waals surface area contributed by atoms with E-state index < -0.39 is 23.9 Å². The van der Waals surface area contributed by atoms with Gasteiger partial charge in [0, 0.05) is 42.6 Å². The molecule has 4 heterocycles. The Bertz CT molecular complexity index is 2010. The number of hydrogen-bond acceptors (Lipinski definition) is 9. The van der Waals surface area contributed by atoms with Crippen LogP contribution in [0.2, 0.25) is 5.02 Å². The van der Waals surface area contributed by atoms with Gasteiger partial charge in [0.25, 0.3) is 5.91 Å². The number of piperidine rings is 1. The number of amides is 2. The number of aromatic nitrogens is 3. The number of pyridine rings is 1. The molecule has 6 bridgehead atoms. The Labute approximate surface area is 307 Å². The molecule has 11 nitrogen and oxygen atoms in total. The summed E-state index contributed by atoms with van der Waals surface area (Å²) in [6, 6.07) is 13.4. The van der Waals surface area contributed by atoms with Gasteiger partial charge in [0.15, 0.2) is 5.82 Å². The Morgan fingerprint density at radius 3 is 2.15 bits per heavy atom. The van der Waals surface area contributed by atoms with Crippen molar-refractivity contribution < 1.29 is 49.9 Å². The minimum atomic E-state index is -5.77. The number of halogens is 8. The average Bonchev–Trinajstić information content (AvgIpc) is 3.12. The van der Waals surface area contributed by atoms with Crippen molar-refractivity contribution in [1.82, 2.24) is 19.9 Å². The van der Waals surface area contributed by atoms with Crippen LogP contribution in [-0.4, -0.2) is 68.7 Å². The second kappa shape index (κ2) is 16.6. The summed E-state index contributed by atoms with van der Waals surface area (Å²) >= 11 is 6.37. The number of aryl methyl sites for hydroxylation is 2. The Morgan fingerprint density at radius 1 is 0.833 bits per heavy atom. The maximum absolute atomic E-state index is 13.2. The van der Waals surface area contributed by atoms with Crippen molar-refractivity contribution in [2.75, 3.05) is 29.0 Å². The Kier molecular flexibility index (Phi) is 12.1. The van der Waals surface area contributed by atoms with E-state index in [2.05, 4.69) is 30.9 Å². The van der Waals surface area contributed by atoms with Gasteiger partial charge in [0.05, 0.1) is 18.1 Å². The topological polar surface area (TPSA) is 146 Å². The molecule has 2 aliphatic rings. The normalized spacial score (nSPS) is 14.4. The van der Waals surface area contributed by atoms with Gasteiger partial charge in [-0.15, -0.1) is 0 Å². The van der Waals surface area contributed by atoms with Crippen LogP contribution in [0.1, 0.15) is 40.7 Å². The molecular weight excluding hydrogens is 751 g/mol. The molecule has 284 valence electrons. The number of Topliss-reactive ketones (excluding diaryl/α,β-unsaturated/α-hetero) is 2. The van der Waals surface area contributed by atoms with Gasteiger partial charge in [-0.2, -0.15) is 31.3 Å². The van der Waals surface area contributed by atoms with Crippen molar-refractivity contribution in [2.45, 2.75) is 44.5 Å². The SMILES string of the molecule is O=C(C(=O)C(F)(F)F)C(F)(F)F.O=C(CC1CCN(C(=O)c2ccc(F)cc2)CC1)Nc1ccc2cc1CCc1cncc(c1)Nc1ncc(Cl)c(n1)N2. The third-order valence-corrected chi connectivity index (χ3v) is 8.58. The maximum atomic E-state index is 13.2. The van der Waals surface area contributed by atoms with Gasteiger partial charge >= 0.3 is 23.9 Å². The Morgan fingerprint density at radius 2 is 1.50 bits per heavy atom. The molecule has 0 saturated carbocycles. The third kappa shape index (κ3) is 10.5. The molecule has 1 saturated heterocycles. The fourth-order valence-electron chi connectivity index (χ4n) is 5.59. The van der Waals surface area contributed by atoms with Crippen molar-refractivity contribution in [3.63, 3.8) is 0 Å². The summed E-state index contributed by atoms with van der Waals surface area (Å²) in [5.74, 6) is -6.32. The summed E-state index contributed by atoms with van der Waals surface area (Å²) in [4.78, 5) is 60.1. The van der Waals surface area contributed by atoms with Crippen LogP contribution in [0.3, 0.4) is 0 Å². The van der Waals surface area contributed by atoms with E-state index in [-0.39, 0.29) is 23.5 Å². The summed E-state index contributed by atoms with van der Waals surface area (Å²) in [6.45, 7) is 1.13. The van der Waals surface area contributed by atoms with E-state index in [1.807, 2.05) is 30.5 Å². The zero-order valence-corrected chi connectivity index (χ0v) is 28.6. The summed E-state index contributed by atoms with van der Waals surface area (Å²) in [5, 5.41) is 9.95. The molecule has 1 fully saturated rings. The average molecular weight is 780 g/mol. The Balaban J connectivity index is 0.000000404. The van der Waals surface area contributed by atoms with Crippen LogP contribution in [0.5, 0.6) is 0 Å². The molecule has 19 heteroatoms. The number of nitrogens with zero attached hydrogens (tertiary/aromatic N) is 4. The van der Waals surface area contributed by atoms with E-state index in [0.29, 0.717) is 54.7 Å². The van der Waals surface area contributed by atoms with E-state index in [0.717, 1.165) is 41.0 Å². The highest BCUT2D eigenvalue weighted by atomic mass is 35.5. The highest BCUT2D eigenvalue weighted by Gasteiger charge is 2.54. The van der Waals surface area contributed by atoms with Crippen molar-refractivity contribution >= 4 is 63.8 Å². The predicted octanol–water partition coefficient (Wildman–Crippen LogP) is 7.38. The fraction of sp³-hybridized carbons (Fsp3) is 0.286. The lowest BCUT2D eigenvalue weighted by Gasteiger charge is -2.32. The number of fused-ring (bicyclic) bond motifs is 6. The highest BCUT2D eigenvalue weighted by Crippen LogP contribution is 2.30. The minimum absolute atomic E-state index is 0.0606. The molecule has 2 aliphatic heterocycles. The van der Waals surface area contributed by atoms with E-state index in [4.69, 9.17) is 11.6 Å². The lowest BCUT2D eigenvalue weighted by Crippen LogP contribution is -2.39. The number of likely N-dealkylation sites (tertiary alicyclic amines) is 1. The van der Waals surface area contributed by atoms with Crippen LogP contribution in [0, 0.1) is 11.7 Å². The highest BCUT2D eigenvalue weighted by molar-refractivity contribution is 6.41. The van der Waals surface area contributed by atoms with Crippen LogP contribution >= 0.6 is 11.6 Å². The molecule has 0 atom stereocenters. The van der Waals surface area contributed by atoms with Crippen LogP contribution in [0.25, 0.3) is 0 Å². The number of anilines is 5. The molecule has 0 spiro atoms. The quantitative estimate of drug-likeness (QED) is 0.140. The van der Waals surface area contributed by atoms with Gasteiger partial charge in [-0.05, 0) is 91.3 Å². The zero-order chi connectivity index (χ0) is 39.2. The van der Waals surface area contributed by atoms with Crippen molar-refractivity contribution in [3.05, 3.63) is 94.7 Å². The zero-order valence-electron chi connectivity index (χ0n) is 27.8. The molecule has 0 aliphatic carbocycles. The summed E-state index contributed by atoms with van der Waals surface area (Å²) in [5.41, 5.74) is 4.78. The van der Waals surface area contributed by atoms with Gasteiger partial charge in [0.2, 0.25) is 11.9 Å². The largest absolute Gasteiger partial charge is 0.458 e. The smallest absolute Gasteiger partial charge is 0.339 e. The molecule has 54 heavy (non-hydrogen) atoms. The number of rotatable bonds is 5. The molecule has 4 aromatic rings. The number of ketones is 2. The van der Waals surface area contributed by atoms with E-state index >= 15 is 0 Å². The predicted molar refractivity (Wildman–Crippen MR) is 182 cm³/mol. The van der Waals surface area contributed by atoms with Gasteiger partial charge in [-0.1, -0.05) is 11.6 Å². The van der Waals surface area contributed by atoms with Crippen LogP contribution in [0.4, 0.5) is 59.6 Å². The van der Waals surface area contributed by atoms with Gasteiger partial charge in [-0.3, -0.25) is 24.2 Å². The van der Waals surface area contributed by atoms with Gasteiger partial charge in [-0.25, -0.2) is 9.37 Å². The number of hydrogen-bond donors (Lipinski definition) is 3. The molecular formula is C35H29ClF7N7O4. The summed E-state index contributed by atoms with van der Waals surface area (Å²) in [7, 11) is 0. The summed E-state index contributed by atoms with van der Waals surface area (Å²) < 4.78 is 80.2. The van der Waals surface area contributed by atoms with Crippen LogP contribution in [-0.2, 0) is 27.2 Å². The van der Waals surface area contributed by atoms with Crippen molar-refractivity contribution in [1.29, 1.82) is 0 Å². The number of carbonyl (C=O) groups is 4. The van der Waals surface area contributed by atoms with Crippen LogP contribution < -0.4 is 16.0 Å². The first kappa shape index (κ1) is 39.6. The van der Waals surface area contributed by atoms with E-state index in [1.54, 1.807) is 11.1 Å². The molecule has 0 unspecified atom stereocenters. The first-order chi connectivity index (χ1) is 25.5. The second-order valence-corrected chi connectivity index (χ2v) is 12.6. The molecule has 0 radical (unpaired) electrons. The maximum Gasteiger partial charge on any atom is 0.458 e. The number of carbonyl (C=O) groups excluding carboxylic acids is 4. The Hall–Kier alpha value is -5.65. The first-order valence-corrected chi connectivity index (χ1v) is 16.5. The van der Waals surface area contributed by atoms with Crippen LogP contribution in [0.15, 0.2) is 67.1 Å². The summed E-state index contributed by atoms with van der Waals surface area (Å²) in [6.07, 6.45) is -3.24. The fourth-order valence-corrected chi connectivity index (χ4v) is 5.73. The standard InChI is InChI=1S/C31H29ClFN7O2.C4F6O2/c32-26-18-35-31-37-25-13-20(16-34-17-25)1-2-22-15-24(36-29(26)39-31)7-8-27(22)38-28(41)14-19-9-11-40(12-10-19)30(42)21-3-5-23(33)6-4-21;5-3(6,7)1(11)2(12)4(8,9)10/h3-8,13,15-19H,1-2,9-12,14H2,(H,38,41)(H2,35,36,37,39);.